The van der Waals surface area contributed by atoms with Gasteiger partial charge < -0.3 is 10.2 Å². The van der Waals surface area contributed by atoms with E-state index in [2.05, 4.69) is 63.0 Å². The molecular formula is C15H23BrN2S. The predicted molar refractivity (Wildman–Crippen MR) is 90.3 cm³/mol. The molecule has 0 amide bonds. The van der Waals surface area contributed by atoms with Crippen molar-refractivity contribution in [1.29, 1.82) is 0 Å². The minimum Gasteiger partial charge on any atom is -0.370 e. The van der Waals surface area contributed by atoms with Crippen LogP contribution in [0, 0.1) is 0 Å². The Bertz CT molecular complexity index is 390. The van der Waals surface area contributed by atoms with E-state index in [1.54, 1.807) is 0 Å². The van der Waals surface area contributed by atoms with Crippen LogP contribution in [0.2, 0.25) is 0 Å². The average Bonchev–Trinajstić information content (AvgIpc) is 2.68. The number of thioether (sulfide) groups is 1. The number of hydrogen-bond acceptors (Lipinski definition) is 3. The summed E-state index contributed by atoms with van der Waals surface area (Å²) in [5.74, 6) is 2.55. The highest BCUT2D eigenvalue weighted by Crippen LogP contribution is 2.26. The van der Waals surface area contributed by atoms with Crippen LogP contribution in [0.3, 0.4) is 0 Å². The second-order valence-corrected chi connectivity index (χ2v) is 7.04. The van der Waals surface area contributed by atoms with Gasteiger partial charge >= 0.3 is 0 Å². The van der Waals surface area contributed by atoms with Crippen LogP contribution < -0.4 is 10.2 Å². The molecule has 2 nitrogen and oxygen atoms in total. The van der Waals surface area contributed by atoms with E-state index in [0.717, 1.165) is 13.1 Å². The SMILES string of the molecule is CCCNCc1cc(Br)ccc1N1CCCSCC1. The molecule has 0 radical (unpaired) electrons. The molecule has 0 spiro atoms. The van der Waals surface area contributed by atoms with Crippen LogP contribution in [0.5, 0.6) is 0 Å². The van der Waals surface area contributed by atoms with E-state index < -0.39 is 0 Å². The van der Waals surface area contributed by atoms with Crippen molar-refractivity contribution in [1.82, 2.24) is 5.32 Å². The van der Waals surface area contributed by atoms with Gasteiger partial charge in [-0.15, -0.1) is 0 Å². The lowest BCUT2D eigenvalue weighted by Gasteiger charge is -2.25. The van der Waals surface area contributed by atoms with Crippen molar-refractivity contribution < 1.29 is 0 Å². The van der Waals surface area contributed by atoms with Crippen LogP contribution in [0.4, 0.5) is 5.69 Å². The molecule has 106 valence electrons. The summed E-state index contributed by atoms with van der Waals surface area (Å²) in [6.45, 7) is 6.62. The maximum atomic E-state index is 3.59. The predicted octanol–water partition coefficient (Wildman–Crippen LogP) is 3.89. The third kappa shape index (κ3) is 4.69. The fourth-order valence-electron chi connectivity index (χ4n) is 2.39. The Labute approximate surface area is 129 Å². The largest absolute Gasteiger partial charge is 0.370 e. The molecular weight excluding hydrogens is 320 g/mol. The number of rotatable bonds is 5. The number of nitrogens with one attached hydrogen (secondary N) is 1. The molecule has 0 atom stereocenters. The van der Waals surface area contributed by atoms with E-state index in [0.29, 0.717) is 0 Å². The van der Waals surface area contributed by atoms with Gasteiger partial charge in [-0.2, -0.15) is 11.8 Å². The molecule has 4 heteroatoms. The van der Waals surface area contributed by atoms with Gasteiger partial charge in [-0.05, 0) is 48.9 Å². The smallest absolute Gasteiger partial charge is 0.0412 e. The summed E-state index contributed by atoms with van der Waals surface area (Å²) in [6.07, 6.45) is 2.48. The molecule has 19 heavy (non-hydrogen) atoms. The van der Waals surface area contributed by atoms with Crippen LogP contribution in [-0.2, 0) is 6.54 Å². The molecule has 0 aromatic heterocycles. The molecule has 0 unspecified atom stereocenters. The average molecular weight is 343 g/mol. The monoisotopic (exact) mass is 342 g/mol. The Morgan fingerprint density at radius 2 is 2.21 bits per heavy atom. The van der Waals surface area contributed by atoms with Gasteiger partial charge in [0.05, 0.1) is 0 Å². The Balaban J connectivity index is 2.12. The number of halogens is 1. The summed E-state index contributed by atoms with van der Waals surface area (Å²) in [6, 6.07) is 6.69. The Kier molecular flexibility index (Phi) is 6.54. The van der Waals surface area contributed by atoms with Crippen molar-refractivity contribution in [2.75, 3.05) is 36.0 Å². The minimum absolute atomic E-state index is 0.965. The zero-order valence-corrected chi connectivity index (χ0v) is 14.0. The van der Waals surface area contributed by atoms with Crippen molar-refractivity contribution in [3.8, 4) is 0 Å². The van der Waals surface area contributed by atoms with Gasteiger partial charge in [0, 0.05) is 35.5 Å². The van der Waals surface area contributed by atoms with E-state index >= 15 is 0 Å². The Hall–Kier alpha value is -0.190. The first-order chi connectivity index (χ1) is 9.31. The van der Waals surface area contributed by atoms with Gasteiger partial charge in [-0.3, -0.25) is 0 Å². The molecule has 1 saturated heterocycles. The lowest BCUT2D eigenvalue weighted by atomic mass is 10.1. The van der Waals surface area contributed by atoms with Gasteiger partial charge in [0.15, 0.2) is 0 Å². The highest BCUT2D eigenvalue weighted by atomic mass is 79.9. The molecule has 1 fully saturated rings. The van der Waals surface area contributed by atoms with Crippen LogP contribution in [0.25, 0.3) is 0 Å². The maximum absolute atomic E-state index is 3.59. The Morgan fingerprint density at radius 3 is 3.05 bits per heavy atom. The number of benzene rings is 1. The van der Waals surface area contributed by atoms with E-state index in [1.165, 1.54) is 53.2 Å². The Morgan fingerprint density at radius 1 is 1.32 bits per heavy atom. The lowest BCUT2D eigenvalue weighted by molar-refractivity contribution is 0.672. The van der Waals surface area contributed by atoms with Gasteiger partial charge in [0.2, 0.25) is 0 Å². The molecule has 1 aromatic rings. The van der Waals surface area contributed by atoms with Crippen molar-refractivity contribution in [2.24, 2.45) is 0 Å². The molecule has 1 heterocycles. The first kappa shape index (κ1) is 15.2. The third-order valence-corrected chi connectivity index (χ3v) is 4.89. The fraction of sp³-hybridized carbons (Fsp3) is 0.600. The standard InChI is InChI=1S/C15H23BrN2S/c1-2-6-17-12-13-11-14(16)4-5-15(13)18-7-3-9-19-10-8-18/h4-5,11,17H,2-3,6-10,12H2,1H3. The van der Waals surface area contributed by atoms with E-state index in [-0.39, 0.29) is 0 Å². The quantitative estimate of drug-likeness (QED) is 0.817. The molecule has 1 aromatic carbocycles. The number of nitrogens with zero attached hydrogens (tertiary/aromatic N) is 1. The minimum atomic E-state index is 0.965. The summed E-state index contributed by atoms with van der Waals surface area (Å²) >= 11 is 5.67. The van der Waals surface area contributed by atoms with Crippen molar-refractivity contribution >= 4 is 33.4 Å². The highest BCUT2D eigenvalue weighted by molar-refractivity contribution is 9.10. The summed E-state index contributed by atoms with van der Waals surface area (Å²) in [5, 5.41) is 3.52. The molecule has 1 aliphatic rings. The third-order valence-electron chi connectivity index (χ3n) is 3.35. The van der Waals surface area contributed by atoms with Gasteiger partial charge in [0.1, 0.15) is 0 Å². The summed E-state index contributed by atoms with van der Waals surface area (Å²) in [7, 11) is 0. The van der Waals surface area contributed by atoms with Crippen molar-refractivity contribution in [3.63, 3.8) is 0 Å². The van der Waals surface area contributed by atoms with Crippen LogP contribution in [-0.4, -0.2) is 31.1 Å². The van der Waals surface area contributed by atoms with Crippen LogP contribution in [0.1, 0.15) is 25.3 Å². The molecule has 2 rings (SSSR count). The molecule has 1 aliphatic heterocycles. The first-order valence-corrected chi connectivity index (χ1v) is 9.08. The van der Waals surface area contributed by atoms with Crippen LogP contribution >= 0.6 is 27.7 Å². The summed E-state index contributed by atoms with van der Waals surface area (Å²) < 4.78 is 1.17. The lowest BCUT2D eigenvalue weighted by Crippen LogP contribution is -2.27. The normalized spacial score (nSPS) is 16.4. The highest BCUT2D eigenvalue weighted by Gasteiger charge is 2.13. The number of hydrogen-bond donors (Lipinski definition) is 1. The zero-order valence-electron chi connectivity index (χ0n) is 11.6. The summed E-state index contributed by atoms with van der Waals surface area (Å²) in [4.78, 5) is 2.55. The van der Waals surface area contributed by atoms with Gasteiger partial charge in [-0.25, -0.2) is 0 Å². The summed E-state index contributed by atoms with van der Waals surface area (Å²) in [5.41, 5.74) is 2.82. The molecule has 0 aliphatic carbocycles. The van der Waals surface area contributed by atoms with Crippen LogP contribution in [0.15, 0.2) is 22.7 Å². The van der Waals surface area contributed by atoms with Crippen molar-refractivity contribution in [3.05, 3.63) is 28.2 Å². The second-order valence-electron chi connectivity index (χ2n) is 4.90. The van der Waals surface area contributed by atoms with E-state index in [9.17, 15) is 0 Å². The number of anilines is 1. The molecule has 0 saturated carbocycles. The van der Waals surface area contributed by atoms with Gasteiger partial charge in [-0.1, -0.05) is 22.9 Å². The molecule has 0 bridgehead atoms. The van der Waals surface area contributed by atoms with E-state index in [4.69, 9.17) is 0 Å². The van der Waals surface area contributed by atoms with E-state index in [1.807, 2.05) is 0 Å². The maximum Gasteiger partial charge on any atom is 0.0412 e. The second kappa shape index (κ2) is 8.18. The fourth-order valence-corrected chi connectivity index (χ4v) is 3.69. The topological polar surface area (TPSA) is 15.3 Å². The molecule has 1 N–H and O–H groups in total. The van der Waals surface area contributed by atoms with Gasteiger partial charge in [0.25, 0.3) is 0 Å². The van der Waals surface area contributed by atoms with Crippen molar-refractivity contribution in [2.45, 2.75) is 26.3 Å². The first-order valence-electron chi connectivity index (χ1n) is 7.13. The zero-order chi connectivity index (χ0) is 13.5.